The third kappa shape index (κ3) is 3.03. The fourth-order valence-corrected chi connectivity index (χ4v) is 2.64. The minimum atomic E-state index is -0.540. The van der Waals surface area contributed by atoms with Gasteiger partial charge in [-0.1, -0.05) is 30.3 Å². The molecule has 2 aromatic rings. The summed E-state index contributed by atoms with van der Waals surface area (Å²) in [5, 5.41) is 9.82. The van der Waals surface area contributed by atoms with Crippen LogP contribution in [0.15, 0.2) is 42.5 Å². The van der Waals surface area contributed by atoms with Crippen molar-refractivity contribution in [3.05, 3.63) is 59.2 Å². The third-order valence-electron chi connectivity index (χ3n) is 3.76. The van der Waals surface area contributed by atoms with Crippen LogP contribution >= 0.6 is 0 Å². The first-order chi connectivity index (χ1) is 10.1. The van der Waals surface area contributed by atoms with Crippen molar-refractivity contribution in [1.82, 2.24) is 0 Å². The average molecular weight is 284 g/mol. The lowest BCUT2D eigenvalue weighted by molar-refractivity contribution is 0.141. The molecule has 1 N–H and O–H groups in total. The number of rotatable bonds is 4. The molecule has 1 aliphatic rings. The summed E-state index contributed by atoms with van der Waals surface area (Å²) in [6, 6.07) is 13.9. The Labute approximate surface area is 125 Å². The molecule has 21 heavy (non-hydrogen) atoms. The topological polar surface area (TPSA) is 38.7 Å². The van der Waals surface area contributed by atoms with Crippen LogP contribution in [0.5, 0.6) is 11.5 Å². The van der Waals surface area contributed by atoms with Crippen molar-refractivity contribution in [2.24, 2.45) is 0 Å². The molecular formula is C18H20O3. The normalized spacial score (nSPS) is 18.0. The van der Waals surface area contributed by atoms with Crippen LogP contribution in [0.4, 0.5) is 0 Å². The molecular weight excluding hydrogens is 264 g/mol. The molecule has 0 spiro atoms. The van der Waals surface area contributed by atoms with E-state index in [4.69, 9.17) is 9.47 Å². The Morgan fingerprint density at radius 1 is 1.29 bits per heavy atom. The van der Waals surface area contributed by atoms with Crippen LogP contribution in [0, 0.1) is 6.92 Å². The fraction of sp³-hybridized carbons (Fsp3) is 0.333. The van der Waals surface area contributed by atoms with Crippen molar-refractivity contribution in [2.75, 3.05) is 6.61 Å². The molecule has 0 bridgehead atoms. The summed E-state index contributed by atoms with van der Waals surface area (Å²) in [6.45, 7) is 4.25. The van der Waals surface area contributed by atoms with Crippen LogP contribution < -0.4 is 9.47 Å². The number of hydrogen-bond donors (Lipinski definition) is 1. The molecule has 1 aliphatic heterocycles. The molecule has 0 aromatic heterocycles. The van der Waals surface area contributed by atoms with Crippen molar-refractivity contribution in [2.45, 2.75) is 32.5 Å². The Kier molecular flexibility index (Phi) is 3.84. The van der Waals surface area contributed by atoms with Gasteiger partial charge in [0.15, 0.2) is 0 Å². The zero-order valence-corrected chi connectivity index (χ0v) is 12.4. The number of hydrogen-bond acceptors (Lipinski definition) is 3. The third-order valence-corrected chi connectivity index (χ3v) is 3.76. The lowest BCUT2D eigenvalue weighted by Crippen LogP contribution is -2.22. The van der Waals surface area contributed by atoms with Gasteiger partial charge in [-0.05, 0) is 37.1 Å². The molecule has 3 nitrogen and oxygen atoms in total. The Hall–Kier alpha value is -2.00. The van der Waals surface area contributed by atoms with Crippen molar-refractivity contribution in [1.29, 1.82) is 0 Å². The summed E-state index contributed by atoms with van der Waals surface area (Å²) in [6.07, 6.45) is 0.360. The van der Waals surface area contributed by atoms with Gasteiger partial charge in [0.2, 0.25) is 0 Å². The lowest BCUT2D eigenvalue weighted by atomic mass is 10.1. The first kappa shape index (κ1) is 14.0. The summed E-state index contributed by atoms with van der Waals surface area (Å²) in [5.41, 5.74) is 3.16. The molecule has 110 valence electrons. The van der Waals surface area contributed by atoms with Gasteiger partial charge in [0.25, 0.3) is 0 Å². The number of aliphatic hydroxyl groups excluding tert-OH is 1. The number of para-hydroxylation sites is 1. The smallest absolute Gasteiger partial charge is 0.137 e. The average Bonchev–Trinajstić information content (AvgIpc) is 2.87. The van der Waals surface area contributed by atoms with Crippen molar-refractivity contribution in [3.8, 4) is 11.5 Å². The maximum absolute atomic E-state index is 9.82. The SMILES string of the molecule is Cc1ccc([C@@H](C)O)c(OCC2Cc3ccccc3O2)c1. The van der Waals surface area contributed by atoms with E-state index in [9.17, 15) is 5.11 Å². The number of benzene rings is 2. The highest BCUT2D eigenvalue weighted by atomic mass is 16.5. The number of ether oxygens (including phenoxy) is 2. The van der Waals surface area contributed by atoms with E-state index in [0.29, 0.717) is 6.61 Å². The minimum Gasteiger partial charge on any atom is -0.489 e. The van der Waals surface area contributed by atoms with Crippen LogP contribution in [0.25, 0.3) is 0 Å². The maximum atomic E-state index is 9.82. The molecule has 2 aromatic carbocycles. The van der Waals surface area contributed by atoms with E-state index < -0.39 is 6.10 Å². The van der Waals surface area contributed by atoms with Gasteiger partial charge in [-0.3, -0.25) is 0 Å². The minimum absolute atomic E-state index is 0.0322. The van der Waals surface area contributed by atoms with Crippen LogP contribution in [0.2, 0.25) is 0 Å². The Balaban J connectivity index is 1.68. The zero-order valence-electron chi connectivity index (χ0n) is 12.4. The Morgan fingerprint density at radius 2 is 2.10 bits per heavy atom. The summed E-state index contributed by atoms with van der Waals surface area (Å²) < 4.78 is 11.8. The van der Waals surface area contributed by atoms with Crippen LogP contribution in [0.1, 0.15) is 29.7 Å². The molecule has 0 aliphatic carbocycles. The highest BCUT2D eigenvalue weighted by Gasteiger charge is 2.23. The van der Waals surface area contributed by atoms with Crippen molar-refractivity contribution in [3.63, 3.8) is 0 Å². The highest BCUT2D eigenvalue weighted by Crippen LogP contribution is 2.30. The fourth-order valence-electron chi connectivity index (χ4n) is 2.64. The quantitative estimate of drug-likeness (QED) is 0.935. The molecule has 1 heterocycles. The summed E-state index contributed by atoms with van der Waals surface area (Å²) in [4.78, 5) is 0. The number of aryl methyl sites for hydroxylation is 1. The van der Waals surface area contributed by atoms with Crippen molar-refractivity contribution < 1.29 is 14.6 Å². The first-order valence-corrected chi connectivity index (χ1v) is 7.29. The van der Waals surface area contributed by atoms with Gasteiger partial charge in [0, 0.05) is 12.0 Å². The van der Waals surface area contributed by atoms with Gasteiger partial charge in [0.05, 0.1) is 6.10 Å². The maximum Gasteiger partial charge on any atom is 0.137 e. The van der Waals surface area contributed by atoms with Gasteiger partial charge < -0.3 is 14.6 Å². The van der Waals surface area contributed by atoms with Gasteiger partial charge in [0.1, 0.15) is 24.2 Å². The standard InChI is InChI=1S/C18H20O3/c1-12-7-8-16(13(2)19)18(9-12)20-11-15-10-14-5-3-4-6-17(14)21-15/h3-9,13,15,19H,10-11H2,1-2H3/t13-,15?/m1/s1. The molecule has 3 rings (SSSR count). The molecule has 2 atom stereocenters. The second-order valence-corrected chi connectivity index (χ2v) is 5.58. The van der Waals surface area contributed by atoms with Crippen LogP contribution in [-0.2, 0) is 6.42 Å². The zero-order chi connectivity index (χ0) is 14.8. The summed E-state index contributed by atoms with van der Waals surface area (Å²) in [5.74, 6) is 1.69. The van der Waals surface area contributed by atoms with Crippen LogP contribution in [-0.4, -0.2) is 17.8 Å². The second-order valence-electron chi connectivity index (χ2n) is 5.58. The molecule has 0 radical (unpaired) electrons. The van der Waals surface area contributed by atoms with E-state index in [1.165, 1.54) is 5.56 Å². The van der Waals surface area contributed by atoms with E-state index in [-0.39, 0.29) is 6.10 Å². The summed E-state index contributed by atoms with van der Waals surface area (Å²) in [7, 11) is 0. The van der Waals surface area contributed by atoms with Crippen LogP contribution in [0.3, 0.4) is 0 Å². The second kappa shape index (κ2) is 5.78. The molecule has 0 saturated heterocycles. The molecule has 0 fully saturated rings. The van der Waals surface area contributed by atoms with E-state index in [2.05, 4.69) is 6.07 Å². The van der Waals surface area contributed by atoms with Gasteiger partial charge in [-0.2, -0.15) is 0 Å². The first-order valence-electron chi connectivity index (χ1n) is 7.29. The van der Waals surface area contributed by atoms with Crippen molar-refractivity contribution >= 4 is 0 Å². The molecule has 1 unspecified atom stereocenters. The lowest BCUT2D eigenvalue weighted by Gasteiger charge is -2.17. The van der Waals surface area contributed by atoms with Gasteiger partial charge in [-0.25, -0.2) is 0 Å². The largest absolute Gasteiger partial charge is 0.489 e. The summed E-state index contributed by atoms with van der Waals surface area (Å²) >= 11 is 0. The monoisotopic (exact) mass is 284 g/mol. The van der Waals surface area contributed by atoms with E-state index in [1.807, 2.05) is 43.3 Å². The number of aliphatic hydroxyl groups is 1. The predicted molar refractivity (Wildman–Crippen MR) is 81.9 cm³/mol. The molecule has 0 saturated carbocycles. The van der Waals surface area contributed by atoms with E-state index in [0.717, 1.165) is 29.0 Å². The number of fused-ring (bicyclic) bond motifs is 1. The van der Waals surface area contributed by atoms with E-state index in [1.54, 1.807) is 6.92 Å². The van der Waals surface area contributed by atoms with Gasteiger partial charge >= 0.3 is 0 Å². The van der Waals surface area contributed by atoms with Gasteiger partial charge in [-0.15, -0.1) is 0 Å². The highest BCUT2D eigenvalue weighted by molar-refractivity contribution is 5.39. The Bertz CT molecular complexity index is 609. The molecule has 3 heteroatoms. The molecule has 0 amide bonds. The van der Waals surface area contributed by atoms with E-state index >= 15 is 0 Å². The predicted octanol–water partition coefficient (Wildman–Crippen LogP) is 3.43. The Morgan fingerprint density at radius 3 is 2.86 bits per heavy atom.